The van der Waals surface area contributed by atoms with Crippen LogP contribution >= 0.6 is 0 Å². The predicted octanol–water partition coefficient (Wildman–Crippen LogP) is 3.45. The van der Waals surface area contributed by atoms with Gasteiger partial charge in [-0.3, -0.25) is 4.79 Å². The maximum atomic E-state index is 12.7. The Labute approximate surface area is 143 Å². The number of hydrogen-bond donors (Lipinski definition) is 1. The van der Waals surface area contributed by atoms with Crippen LogP contribution < -0.4 is 10.2 Å². The normalized spacial score (nSPS) is 14.0. The SMILES string of the molecule is CCc1cccc(CC)c1NC(=O)c1cc(N2CCCC2)ncn1. The second-order valence-electron chi connectivity index (χ2n) is 6.07. The van der Waals surface area contributed by atoms with E-state index in [9.17, 15) is 4.79 Å². The topological polar surface area (TPSA) is 58.1 Å². The zero-order valence-electron chi connectivity index (χ0n) is 14.4. The Bertz CT molecular complexity index is 701. The van der Waals surface area contributed by atoms with E-state index in [0.717, 1.165) is 48.6 Å². The van der Waals surface area contributed by atoms with E-state index in [1.165, 1.54) is 19.2 Å². The molecule has 0 aliphatic carbocycles. The number of benzene rings is 1. The van der Waals surface area contributed by atoms with Crippen LogP contribution in [0.2, 0.25) is 0 Å². The molecule has 1 aliphatic rings. The molecule has 0 saturated carbocycles. The van der Waals surface area contributed by atoms with Crippen LogP contribution in [0.3, 0.4) is 0 Å². The monoisotopic (exact) mass is 324 g/mol. The molecule has 0 atom stereocenters. The van der Waals surface area contributed by atoms with Gasteiger partial charge in [-0.05, 0) is 36.8 Å². The third kappa shape index (κ3) is 3.40. The molecule has 0 spiro atoms. The Morgan fingerprint density at radius 2 is 1.79 bits per heavy atom. The second kappa shape index (κ2) is 7.43. The van der Waals surface area contributed by atoms with Gasteiger partial charge in [0.1, 0.15) is 17.8 Å². The number of rotatable bonds is 5. The zero-order valence-corrected chi connectivity index (χ0v) is 14.4. The smallest absolute Gasteiger partial charge is 0.274 e. The van der Waals surface area contributed by atoms with E-state index in [4.69, 9.17) is 0 Å². The molecule has 2 aromatic rings. The molecular weight excluding hydrogens is 300 g/mol. The minimum atomic E-state index is -0.173. The quantitative estimate of drug-likeness (QED) is 0.915. The summed E-state index contributed by atoms with van der Waals surface area (Å²) in [5, 5.41) is 3.07. The molecule has 2 heterocycles. The highest BCUT2D eigenvalue weighted by atomic mass is 16.1. The summed E-state index contributed by atoms with van der Waals surface area (Å²) in [6.45, 7) is 6.19. The van der Waals surface area contributed by atoms with E-state index in [1.54, 1.807) is 6.07 Å². The molecule has 126 valence electrons. The minimum Gasteiger partial charge on any atom is -0.357 e. The maximum absolute atomic E-state index is 12.7. The van der Waals surface area contributed by atoms with E-state index in [2.05, 4.69) is 46.2 Å². The summed E-state index contributed by atoms with van der Waals surface area (Å²) in [5.41, 5.74) is 3.64. The third-order valence-electron chi connectivity index (χ3n) is 4.55. The van der Waals surface area contributed by atoms with Crippen molar-refractivity contribution in [2.45, 2.75) is 39.5 Å². The fraction of sp³-hybridized carbons (Fsp3) is 0.421. The molecule has 1 amide bonds. The highest BCUT2D eigenvalue weighted by Gasteiger charge is 2.17. The van der Waals surface area contributed by atoms with Gasteiger partial charge in [-0.1, -0.05) is 32.0 Å². The van der Waals surface area contributed by atoms with Gasteiger partial charge < -0.3 is 10.2 Å². The van der Waals surface area contributed by atoms with Crippen molar-refractivity contribution < 1.29 is 4.79 Å². The molecule has 5 nitrogen and oxygen atoms in total. The lowest BCUT2D eigenvalue weighted by Crippen LogP contribution is -2.21. The summed E-state index contributed by atoms with van der Waals surface area (Å²) in [4.78, 5) is 23.4. The van der Waals surface area contributed by atoms with Crippen LogP contribution in [-0.2, 0) is 12.8 Å². The van der Waals surface area contributed by atoms with E-state index >= 15 is 0 Å². The van der Waals surface area contributed by atoms with Gasteiger partial charge in [0.15, 0.2) is 0 Å². The summed E-state index contributed by atoms with van der Waals surface area (Å²) < 4.78 is 0. The van der Waals surface area contributed by atoms with Gasteiger partial charge in [-0.25, -0.2) is 9.97 Å². The Morgan fingerprint density at radius 3 is 2.42 bits per heavy atom. The molecule has 5 heteroatoms. The number of para-hydroxylation sites is 1. The van der Waals surface area contributed by atoms with Crippen molar-refractivity contribution in [1.82, 2.24) is 9.97 Å². The van der Waals surface area contributed by atoms with Crippen molar-refractivity contribution in [3.8, 4) is 0 Å². The van der Waals surface area contributed by atoms with Gasteiger partial charge in [0.25, 0.3) is 5.91 Å². The summed E-state index contributed by atoms with van der Waals surface area (Å²) >= 11 is 0. The van der Waals surface area contributed by atoms with E-state index < -0.39 is 0 Å². The molecule has 0 bridgehead atoms. The zero-order chi connectivity index (χ0) is 16.9. The number of anilines is 2. The Morgan fingerprint density at radius 1 is 1.12 bits per heavy atom. The molecule has 1 saturated heterocycles. The summed E-state index contributed by atoms with van der Waals surface area (Å²) in [7, 11) is 0. The van der Waals surface area contributed by atoms with E-state index in [0.29, 0.717) is 5.69 Å². The summed E-state index contributed by atoms with van der Waals surface area (Å²) in [5.74, 6) is 0.667. The van der Waals surface area contributed by atoms with Crippen LogP contribution in [0.5, 0.6) is 0 Å². The fourth-order valence-electron chi connectivity index (χ4n) is 3.17. The molecule has 1 N–H and O–H groups in total. The van der Waals surface area contributed by atoms with Crippen LogP contribution in [0.1, 0.15) is 48.3 Å². The van der Waals surface area contributed by atoms with Crippen molar-refractivity contribution >= 4 is 17.4 Å². The first-order chi connectivity index (χ1) is 11.7. The van der Waals surface area contributed by atoms with E-state index in [1.807, 2.05) is 6.07 Å². The molecule has 1 fully saturated rings. The van der Waals surface area contributed by atoms with Crippen molar-refractivity contribution in [3.63, 3.8) is 0 Å². The largest absolute Gasteiger partial charge is 0.357 e. The van der Waals surface area contributed by atoms with Gasteiger partial charge in [0.2, 0.25) is 0 Å². The number of nitrogens with zero attached hydrogens (tertiary/aromatic N) is 3. The van der Waals surface area contributed by atoms with Gasteiger partial charge in [-0.2, -0.15) is 0 Å². The maximum Gasteiger partial charge on any atom is 0.274 e. The number of amides is 1. The standard InChI is InChI=1S/C19H24N4O/c1-3-14-8-7-9-15(4-2)18(14)22-19(24)16-12-17(21-13-20-16)23-10-5-6-11-23/h7-9,12-13H,3-6,10-11H2,1-2H3,(H,22,24). The molecule has 0 radical (unpaired) electrons. The number of carbonyl (C=O) groups excluding carboxylic acids is 1. The lowest BCUT2D eigenvalue weighted by Gasteiger charge is -2.17. The Balaban J connectivity index is 1.84. The number of aromatic nitrogens is 2. The molecule has 1 aromatic heterocycles. The average molecular weight is 324 g/mol. The first-order valence-corrected chi connectivity index (χ1v) is 8.72. The molecule has 1 aromatic carbocycles. The van der Waals surface area contributed by atoms with Gasteiger partial charge in [-0.15, -0.1) is 0 Å². The highest BCUT2D eigenvalue weighted by molar-refractivity contribution is 6.04. The van der Waals surface area contributed by atoms with Gasteiger partial charge in [0, 0.05) is 24.8 Å². The van der Waals surface area contributed by atoms with Crippen molar-refractivity contribution in [2.75, 3.05) is 23.3 Å². The van der Waals surface area contributed by atoms with Crippen LogP contribution in [0.15, 0.2) is 30.6 Å². The van der Waals surface area contributed by atoms with Crippen LogP contribution in [0.25, 0.3) is 0 Å². The number of hydrogen-bond acceptors (Lipinski definition) is 4. The van der Waals surface area contributed by atoms with Crippen LogP contribution in [-0.4, -0.2) is 29.0 Å². The molecular formula is C19H24N4O. The number of carbonyl (C=O) groups is 1. The molecule has 3 rings (SSSR count). The number of nitrogens with one attached hydrogen (secondary N) is 1. The Kier molecular flexibility index (Phi) is 5.08. The van der Waals surface area contributed by atoms with Crippen molar-refractivity contribution in [1.29, 1.82) is 0 Å². The van der Waals surface area contributed by atoms with Gasteiger partial charge >= 0.3 is 0 Å². The summed E-state index contributed by atoms with van der Waals surface area (Å²) in [6, 6.07) is 7.96. The Hall–Kier alpha value is -2.43. The van der Waals surface area contributed by atoms with Gasteiger partial charge in [0.05, 0.1) is 0 Å². The molecule has 24 heavy (non-hydrogen) atoms. The first-order valence-electron chi connectivity index (χ1n) is 8.72. The van der Waals surface area contributed by atoms with Crippen molar-refractivity contribution in [3.05, 3.63) is 47.4 Å². The predicted molar refractivity (Wildman–Crippen MR) is 96.6 cm³/mol. The van der Waals surface area contributed by atoms with Crippen LogP contribution in [0, 0.1) is 0 Å². The minimum absolute atomic E-state index is 0.173. The van der Waals surface area contributed by atoms with Crippen LogP contribution in [0.4, 0.5) is 11.5 Å². The van der Waals surface area contributed by atoms with Crippen molar-refractivity contribution in [2.24, 2.45) is 0 Å². The fourth-order valence-corrected chi connectivity index (χ4v) is 3.17. The number of aryl methyl sites for hydroxylation is 2. The third-order valence-corrected chi connectivity index (χ3v) is 4.55. The summed E-state index contributed by atoms with van der Waals surface area (Å²) in [6.07, 6.45) is 5.60. The van der Waals surface area contributed by atoms with E-state index in [-0.39, 0.29) is 5.91 Å². The average Bonchev–Trinajstić information content (AvgIpc) is 3.16. The second-order valence-corrected chi connectivity index (χ2v) is 6.07. The molecule has 1 aliphatic heterocycles. The molecule has 0 unspecified atom stereocenters. The lowest BCUT2D eigenvalue weighted by molar-refractivity contribution is 0.102. The lowest BCUT2D eigenvalue weighted by atomic mass is 10.0. The highest BCUT2D eigenvalue weighted by Crippen LogP contribution is 2.24. The first kappa shape index (κ1) is 16.4.